The van der Waals surface area contributed by atoms with Crippen molar-refractivity contribution in [2.45, 2.75) is 25.9 Å². The number of benzene rings is 2. The molecule has 5 aromatic rings. The molecule has 2 aromatic carbocycles. The van der Waals surface area contributed by atoms with Gasteiger partial charge < -0.3 is 24.8 Å². The molecule has 1 fully saturated rings. The molecule has 2 atom stereocenters. The summed E-state index contributed by atoms with van der Waals surface area (Å²) in [5.41, 5.74) is 5.75. The Hall–Kier alpha value is -5.02. The molecular weight excluding hydrogens is 544 g/mol. The highest BCUT2D eigenvalue weighted by molar-refractivity contribution is 7.80. The molecule has 0 radical (unpaired) electrons. The Bertz CT molecular complexity index is 1690. The first kappa shape index (κ1) is 27.2. The predicted molar refractivity (Wildman–Crippen MR) is 168 cm³/mol. The second-order valence-electron chi connectivity index (χ2n) is 10.0. The smallest absolute Gasteiger partial charge is 0.262 e. The molecule has 0 aliphatic carbocycles. The van der Waals surface area contributed by atoms with E-state index in [1.807, 2.05) is 91.0 Å². The van der Waals surface area contributed by atoms with Gasteiger partial charge in [-0.15, -0.1) is 0 Å². The number of thiocarbonyl (C=S) groups is 1. The summed E-state index contributed by atoms with van der Waals surface area (Å²) >= 11 is 5.92. The average molecular weight is 575 g/mol. The van der Waals surface area contributed by atoms with Crippen LogP contribution in [0.5, 0.6) is 5.75 Å². The molecule has 1 aliphatic rings. The van der Waals surface area contributed by atoms with E-state index in [-0.39, 0.29) is 24.6 Å². The number of nitrogens with one attached hydrogen (secondary N) is 2. The van der Waals surface area contributed by atoms with Gasteiger partial charge in [-0.25, -0.2) is 4.98 Å². The number of nitrogens with zero attached hydrogens (tertiary/aromatic N) is 4. The van der Waals surface area contributed by atoms with Crippen molar-refractivity contribution in [1.82, 2.24) is 19.9 Å². The van der Waals surface area contributed by atoms with Gasteiger partial charge in [0.05, 0.1) is 17.8 Å². The topological polar surface area (TPSA) is 84.3 Å². The van der Waals surface area contributed by atoms with Crippen LogP contribution in [0.4, 0.5) is 11.4 Å². The third kappa shape index (κ3) is 5.46. The zero-order valence-electron chi connectivity index (χ0n) is 23.3. The third-order valence-electron chi connectivity index (χ3n) is 7.31. The summed E-state index contributed by atoms with van der Waals surface area (Å²) in [4.78, 5) is 23.9. The predicted octanol–water partition coefficient (Wildman–Crippen LogP) is 6.08. The number of para-hydroxylation sites is 1. The van der Waals surface area contributed by atoms with E-state index in [1.54, 1.807) is 12.4 Å². The number of rotatable bonds is 8. The lowest BCUT2D eigenvalue weighted by Crippen LogP contribution is -2.29. The first-order chi connectivity index (χ1) is 20.5. The third-order valence-corrected chi connectivity index (χ3v) is 7.62. The van der Waals surface area contributed by atoms with Crippen LogP contribution in [0.2, 0.25) is 0 Å². The Kier molecular flexibility index (Phi) is 7.66. The van der Waals surface area contributed by atoms with Crippen molar-refractivity contribution in [3.8, 4) is 11.6 Å². The van der Waals surface area contributed by atoms with Crippen LogP contribution in [-0.2, 0) is 4.79 Å². The Labute approximate surface area is 250 Å². The maximum atomic E-state index is 12.5. The highest BCUT2D eigenvalue weighted by Gasteiger charge is 2.42. The fourth-order valence-electron chi connectivity index (χ4n) is 5.44. The van der Waals surface area contributed by atoms with Gasteiger partial charge in [0.2, 0.25) is 0 Å². The summed E-state index contributed by atoms with van der Waals surface area (Å²) in [5.74, 6) is 1.28. The maximum absolute atomic E-state index is 12.5. The molecule has 1 saturated heterocycles. The average Bonchev–Trinajstić information content (AvgIpc) is 3.52. The normalized spacial score (nSPS) is 16.2. The quantitative estimate of drug-likeness (QED) is 0.217. The number of aryl methyl sites for hydroxylation is 1. The Morgan fingerprint density at radius 1 is 0.929 bits per heavy atom. The molecule has 2 N–H and O–H groups in total. The fraction of sp³-hybridized carbons (Fsp3) is 0.152. The molecule has 210 valence electrons. The van der Waals surface area contributed by atoms with Crippen molar-refractivity contribution in [2.24, 2.45) is 0 Å². The summed E-state index contributed by atoms with van der Waals surface area (Å²) in [6, 6.07) is 30.6. The molecule has 9 heteroatoms. The van der Waals surface area contributed by atoms with Crippen molar-refractivity contribution >= 4 is 34.6 Å². The minimum atomic E-state index is -0.236. The van der Waals surface area contributed by atoms with Gasteiger partial charge >= 0.3 is 0 Å². The zero-order chi connectivity index (χ0) is 29.1. The molecule has 4 heterocycles. The molecule has 3 aromatic heterocycles. The molecule has 0 unspecified atom stereocenters. The number of amides is 1. The zero-order valence-corrected chi connectivity index (χ0v) is 24.1. The number of pyridine rings is 2. The van der Waals surface area contributed by atoms with Crippen LogP contribution in [0.3, 0.4) is 0 Å². The summed E-state index contributed by atoms with van der Waals surface area (Å²) in [6.45, 7) is 4.12. The fourth-order valence-corrected chi connectivity index (χ4v) is 5.79. The van der Waals surface area contributed by atoms with E-state index in [9.17, 15) is 4.79 Å². The molecule has 0 bridgehead atoms. The van der Waals surface area contributed by atoms with Gasteiger partial charge in [-0.05, 0) is 98.4 Å². The molecule has 1 amide bonds. The second kappa shape index (κ2) is 11.8. The largest absolute Gasteiger partial charge is 0.484 e. The van der Waals surface area contributed by atoms with Crippen LogP contribution in [0.25, 0.3) is 5.82 Å². The number of hydrogen-bond acceptors (Lipinski definition) is 5. The van der Waals surface area contributed by atoms with Gasteiger partial charge in [-0.2, -0.15) is 0 Å². The van der Waals surface area contributed by atoms with Crippen LogP contribution >= 0.6 is 12.2 Å². The van der Waals surface area contributed by atoms with E-state index in [0.717, 1.165) is 34.2 Å². The van der Waals surface area contributed by atoms with Crippen LogP contribution in [0.15, 0.2) is 109 Å². The van der Waals surface area contributed by atoms with Crippen molar-refractivity contribution in [1.29, 1.82) is 0 Å². The summed E-state index contributed by atoms with van der Waals surface area (Å²) in [7, 11) is 0. The van der Waals surface area contributed by atoms with Gasteiger partial charge in [0.25, 0.3) is 5.91 Å². The molecule has 1 aliphatic heterocycles. The molecule has 8 nitrogen and oxygen atoms in total. The molecule has 42 heavy (non-hydrogen) atoms. The number of hydrogen-bond donors (Lipinski definition) is 2. The summed E-state index contributed by atoms with van der Waals surface area (Å²) < 4.78 is 7.74. The lowest BCUT2D eigenvalue weighted by Gasteiger charge is -2.28. The Morgan fingerprint density at radius 3 is 2.33 bits per heavy atom. The summed E-state index contributed by atoms with van der Waals surface area (Å²) in [5, 5.41) is 7.03. The summed E-state index contributed by atoms with van der Waals surface area (Å²) in [6.07, 6.45) is 3.60. The number of ether oxygens (including phenoxy) is 1. The number of anilines is 2. The highest BCUT2D eigenvalue weighted by Crippen LogP contribution is 2.43. The Balaban J connectivity index is 1.30. The first-order valence-corrected chi connectivity index (χ1v) is 14.1. The van der Waals surface area contributed by atoms with Crippen LogP contribution in [-0.4, -0.2) is 32.2 Å². The lowest BCUT2D eigenvalue weighted by atomic mass is 9.96. The number of carbonyl (C=O) groups is 1. The van der Waals surface area contributed by atoms with Gasteiger partial charge in [0, 0.05) is 35.2 Å². The lowest BCUT2D eigenvalue weighted by molar-refractivity contribution is -0.118. The first-order valence-electron chi connectivity index (χ1n) is 13.7. The second-order valence-corrected chi connectivity index (χ2v) is 10.4. The van der Waals surface area contributed by atoms with E-state index in [0.29, 0.717) is 16.5 Å². The van der Waals surface area contributed by atoms with Crippen LogP contribution < -0.4 is 20.3 Å². The minimum absolute atomic E-state index is 0.0778. The molecular formula is C33H30N6O2S. The Morgan fingerprint density at radius 2 is 1.64 bits per heavy atom. The van der Waals surface area contributed by atoms with Gasteiger partial charge in [-0.3, -0.25) is 9.78 Å². The monoisotopic (exact) mass is 574 g/mol. The van der Waals surface area contributed by atoms with Crippen molar-refractivity contribution in [2.75, 3.05) is 16.8 Å². The molecule has 0 saturated carbocycles. The van der Waals surface area contributed by atoms with E-state index in [1.165, 1.54) is 0 Å². The molecule has 0 spiro atoms. The van der Waals surface area contributed by atoms with E-state index < -0.39 is 0 Å². The van der Waals surface area contributed by atoms with E-state index in [2.05, 4.69) is 50.0 Å². The maximum Gasteiger partial charge on any atom is 0.262 e. The van der Waals surface area contributed by atoms with E-state index in [4.69, 9.17) is 17.0 Å². The van der Waals surface area contributed by atoms with Gasteiger partial charge in [0.15, 0.2) is 11.7 Å². The van der Waals surface area contributed by atoms with Gasteiger partial charge in [0.1, 0.15) is 11.6 Å². The van der Waals surface area contributed by atoms with Crippen molar-refractivity contribution in [3.05, 3.63) is 132 Å². The van der Waals surface area contributed by atoms with Gasteiger partial charge in [-0.1, -0.05) is 30.3 Å². The molecule has 6 rings (SSSR count). The number of aromatic nitrogens is 3. The standard InChI is InChI=1S/C33H30N6O2S/c1-22-20-27(23(2)38(22)29-13-7-9-19-35-29)32-31(28-12-6-8-18-34-28)37-33(42)39(32)25-16-14-24(15-17-25)36-30(40)21-41-26-10-4-3-5-11-26/h3-20,31-32H,21H2,1-2H3,(H,36,40)(H,37,42)/t31-,32+/m0/s1. The number of carbonyl (C=O) groups excluding carboxylic acids is 1. The minimum Gasteiger partial charge on any atom is -0.484 e. The van der Waals surface area contributed by atoms with E-state index >= 15 is 0 Å². The highest BCUT2D eigenvalue weighted by atomic mass is 32.1. The SMILES string of the molecule is Cc1cc([C@@H]2[C@H](c3ccccn3)NC(=S)N2c2ccc(NC(=O)COc3ccccc3)cc2)c(C)n1-c1ccccn1. The van der Waals surface area contributed by atoms with Crippen molar-refractivity contribution < 1.29 is 9.53 Å². The van der Waals surface area contributed by atoms with Crippen LogP contribution in [0.1, 0.15) is 34.7 Å². The van der Waals surface area contributed by atoms with Crippen molar-refractivity contribution in [3.63, 3.8) is 0 Å². The van der Waals surface area contributed by atoms with Crippen LogP contribution in [0, 0.1) is 13.8 Å².